The lowest BCUT2D eigenvalue weighted by Crippen LogP contribution is -2.44. The van der Waals surface area contributed by atoms with Crippen molar-refractivity contribution in [1.82, 2.24) is 20.2 Å². The number of carbonyl (C=O) groups excluding carboxylic acids is 2. The van der Waals surface area contributed by atoms with Crippen LogP contribution in [0.25, 0.3) is 11.0 Å². The standard InChI is InChI=1S/C26H31FN4O3/c1-16-11-21-22(12-17(16)2)29-23(28-21)15-31(3)25(33)8-10-26(9-7-24(32)30-26)14-18-5-6-19(34-4)13-20(18)27/h5-6,11-13H,7-10,14-15H2,1-4H3,(H,28,29)(H,30,32)/t26-/m0/s1. The van der Waals surface area contributed by atoms with Crippen molar-refractivity contribution in [2.24, 2.45) is 0 Å². The molecule has 0 aliphatic carbocycles. The van der Waals surface area contributed by atoms with Crippen molar-refractivity contribution >= 4 is 22.8 Å². The van der Waals surface area contributed by atoms with Crippen molar-refractivity contribution in [3.05, 3.63) is 58.7 Å². The van der Waals surface area contributed by atoms with Gasteiger partial charge in [-0.1, -0.05) is 6.07 Å². The quantitative estimate of drug-likeness (QED) is 0.526. The van der Waals surface area contributed by atoms with Gasteiger partial charge in [0.25, 0.3) is 0 Å². The Bertz CT molecular complexity index is 1200. The topological polar surface area (TPSA) is 87.3 Å². The van der Waals surface area contributed by atoms with E-state index in [0.717, 1.165) is 16.9 Å². The molecule has 1 aliphatic rings. The summed E-state index contributed by atoms with van der Waals surface area (Å²) in [5, 5.41) is 3.02. The Kier molecular flexibility index (Phi) is 6.59. The predicted molar refractivity (Wildman–Crippen MR) is 128 cm³/mol. The van der Waals surface area contributed by atoms with Crippen LogP contribution in [0, 0.1) is 19.7 Å². The number of nitrogens with one attached hydrogen (secondary N) is 2. The Morgan fingerprint density at radius 1 is 1.24 bits per heavy atom. The van der Waals surface area contributed by atoms with E-state index in [9.17, 15) is 14.0 Å². The third-order valence-corrected chi connectivity index (χ3v) is 6.80. The maximum atomic E-state index is 14.6. The van der Waals surface area contributed by atoms with Crippen LogP contribution in [0.3, 0.4) is 0 Å². The number of aromatic nitrogens is 2. The van der Waals surface area contributed by atoms with Crippen LogP contribution in [0.4, 0.5) is 4.39 Å². The van der Waals surface area contributed by atoms with Gasteiger partial charge in [-0.3, -0.25) is 9.59 Å². The van der Waals surface area contributed by atoms with Crippen molar-refractivity contribution in [1.29, 1.82) is 0 Å². The number of methoxy groups -OCH3 is 1. The molecule has 0 saturated carbocycles. The summed E-state index contributed by atoms with van der Waals surface area (Å²) in [5.74, 6) is 0.670. The zero-order valence-electron chi connectivity index (χ0n) is 20.1. The molecular formula is C26H31FN4O3. The summed E-state index contributed by atoms with van der Waals surface area (Å²) in [4.78, 5) is 34.5. The van der Waals surface area contributed by atoms with E-state index in [1.54, 1.807) is 24.1 Å². The number of fused-ring (bicyclic) bond motifs is 1. The number of benzene rings is 2. The van der Waals surface area contributed by atoms with Gasteiger partial charge in [0, 0.05) is 31.5 Å². The molecule has 4 rings (SSSR count). The van der Waals surface area contributed by atoms with E-state index in [1.807, 2.05) is 13.0 Å². The van der Waals surface area contributed by atoms with Crippen LogP contribution >= 0.6 is 0 Å². The van der Waals surface area contributed by atoms with Crippen LogP contribution in [0.2, 0.25) is 0 Å². The minimum absolute atomic E-state index is 0.0523. The highest BCUT2D eigenvalue weighted by atomic mass is 19.1. The maximum absolute atomic E-state index is 14.6. The van der Waals surface area contributed by atoms with Crippen LogP contribution in [0.5, 0.6) is 5.75 Å². The second kappa shape index (κ2) is 9.44. The highest BCUT2D eigenvalue weighted by Gasteiger charge is 2.38. The number of aryl methyl sites for hydroxylation is 2. The average Bonchev–Trinajstić information content (AvgIpc) is 3.36. The number of rotatable bonds is 8. The summed E-state index contributed by atoms with van der Waals surface area (Å²) in [6.45, 7) is 4.46. The molecular weight excluding hydrogens is 435 g/mol. The predicted octanol–water partition coefficient (Wildman–Crippen LogP) is 3.96. The Labute approximate surface area is 198 Å². The zero-order valence-corrected chi connectivity index (χ0v) is 20.1. The van der Waals surface area contributed by atoms with E-state index in [4.69, 9.17) is 4.74 Å². The molecule has 0 radical (unpaired) electrons. The summed E-state index contributed by atoms with van der Waals surface area (Å²) < 4.78 is 19.7. The molecule has 2 amide bonds. The number of nitrogens with zero attached hydrogens (tertiary/aromatic N) is 2. The number of H-pyrrole nitrogens is 1. The summed E-state index contributed by atoms with van der Waals surface area (Å²) in [6, 6.07) is 8.83. The number of hydrogen-bond donors (Lipinski definition) is 2. The fourth-order valence-electron chi connectivity index (χ4n) is 4.59. The van der Waals surface area contributed by atoms with Gasteiger partial charge in [-0.2, -0.15) is 0 Å². The zero-order chi connectivity index (χ0) is 24.5. The van der Waals surface area contributed by atoms with Gasteiger partial charge in [0.2, 0.25) is 11.8 Å². The van der Waals surface area contributed by atoms with Gasteiger partial charge in [0.15, 0.2) is 0 Å². The molecule has 0 spiro atoms. The lowest BCUT2D eigenvalue weighted by molar-refractivity contribution is -0.131. The number of halogens is 1. The molecule has 1 fully saturated rings. The number of hydrogen-bond acceptors (Lipinski definition) is 4. The molecule has 1 saturated heterocycles. The largest absolute Gasteiger partial charge is 0.497 e. The molecule has 2 aromatic carbocycles. The van der Waals surface area contributed by atoms with Crippen molar-refractivity contribution in [3.8, 4) is 5.75 Å². The molecule has 0 unspecified atom stereocenters. The second-order valence-corrected chi connectivity index (χ2v) is 9.35. The highest BCUT2D eigenvalue weighted by molar-refractivity contribution is 5.80. The lowest BCUT2D eigenvalue weighted by atomic mass is 9.84. The monoisotopic (exact) mass is 466 g/mol. The fourth-order valence-corrected chi connectivity index (χ4v) is 4.59. The van der Waals surface area contributed by atoms with Gasteiger partial charge in [-0.15, -0.1) is 0 Å². The lowest BCUT2D eigenvalue weighted by Gasteiger charge is -2.30. The number of aromatic amines is 1. The number of ether oxygens (including phenoxy) is 1. The van der Waals surface area contributed by atoms with Crippen molar-refractivity contribution in [2.45, 2.75) is 58.0 Å². The van der Waals surface area contributed by atoms with Gasteiger partial charge in [-0.05, 0) is 68.0 Å². The normalized spacial score (nSPS) is 17.7. The first kappa shape index (κ1) is 23.7. The molecule has 180 valence electrons. The third-order valence-electron chi connectivity index (χ3n) is 6.80. The van der Waals surface area contributed by atoms with Crippen LogP contribution < -0.4 is 10.1 Å². The third kappa shape index (κ3) is 5.05. The van der Waals surface area contributed by atoms with E-state index >= 15 is 0 Å². The van der Waals surface area contributed by atoms with E-state index < -0.39 is 5.54 Å². The highest BCUT2D eigenvalue weighted by Crippen LogP contribution is 2.31. The summed E-state index contributed by atoms with van der Waals surface area (Å²) >= 11 is 0. The van der Waals surface area contributed by atoms with E-state index in [2.05, 4.69) is 28.3 Å². The van der Waals surface area contributed by atoms with Gasteiger partial charge >= 0.3 is 0 Å². The second-order valence-electron chi connectivity index (χ2n) is 9.35. The number of imidazole rings is 1. The molecule has 2 heterocycles. The van der Waals surface area contributed by atoms with E-state index in [1.165, 1.54) is 24.3 Å². The molecule has 1 aliphatic heterocycles. The van der Waals surface area contributed by atoms with Crippen molar-refractivity contribution in [3.63, 3.8) is 0 Å². The first-order chi connectivity index (χ1) is 16.2. The summed E-state index contributed by atoms with van der Waals surface area (Å²) in [6.07, 6.45) is 1.95. The van der Waals surface area contributed by atoms with E-state index in [-0.39, 0.29) is 24.1 Å². The molecule has 8 heteroatoms. The minimum Gasteiger partial charge on any atom is -0.497 e. The van der Waals surface area contributed by atoms with Crippen molar-refractivity contribution < 1.29 is 18.7 Å². The van der Waals surface area contributed by atoms with Gasteiger partial charge < -0.3 is 19.9 Å². The first-order valence-corrected chi connectivity index (χ1v) is 11.5. The Morgan fingerprint density at radius 3 is 2.68 bits per heavy atom. The molecule has 7 nitrogen and oxygen atoms in total. The van der Waals surface area contributed by atoms with E-state index in [0.29, 0.717) is 43.5 Å². The van der Waals surface area contributed by atoms with Gasteiger partial charge in [-0.25, -0.2) is 9.37 Å². The number of amides is 2. The summed E-state index contributed by atoms with van der Waals surface area (Å²) in [7, 11) is 3.23. The summed E-state index contributed by atoms with van der Waals surface area (Å²) in [5.41, 5.74) is 4.05. The first-order valence-electron chi connectivity index (χ1n) is 11.5. The van der Waals surface area contributed by atoms with Crippen LogP contribution in [0.15, 0.2) is 30.3 Å². The van der Waals surface area contributed by atoms with Crippen molar-refractivity contribution in [2.75, 3.05) is 14.2 Å². The SMILES string of the molecule is COc1ccc(C[C@@]2(CCC(=O)N(C)Cc3nc4cc(C)c(C)cc4[nH]3)CCC(=O)N2)c(F)c1. The minimum atomic E-state index is -0.641. The molecule has 1 aromatic heterocycles. The average molecular weight is 467 g/mol. The smallest absolute Gasteiger partial charge is 0.222 e. The fraction of sp³-hybridized carbons (Fsp3) is 0.423. The molecule has 1 atom stereocenters. The Balaban J connectivity index is 1.42. The molecule has 3 aromatic rings. The molecule has 2 N–H and O–H groups in total. The van der Waals surface area contributed by atoms with Gasteiger partial charge in [0.05, 0.1) is 24.7 Å². The van der Waals surface area contributed by atoms with Gasteiger partial charge in [0.1, 0.15) is 17.4 Å². The Morgan fingerprint density at radius 2 is 2.00 bits per heavy atom. The maximum Gasteiger partial charge on any atom is 0.222 e. The Hall–Kier alpha value is -3.42. The van der Waals surface area contributed by atoms with Crippen LogP contribution in [-0.2, 0) is 22.6 Å². The van der Waals surface area contributed by atoms with Crippen LogP contribution in [0.1, 0.15) is 48.2 Å². The molecule has 34 heavy (non-hydrogen) atoms. The number of carbonyl (C=O) groups is 2. The molecule has 0 bridgehead atoms. The van der Waals surface area contributed by atoms with Crippen LogP contribution in [-0.4, -0.2) is 46.4 Å².